The molecule has 0 aliphatic heterocycles. The van der Waals surface area contributed by atoms with Crippen molar-refractivity contribution in [3.8, 4) is 5.75 Å². The van der Waals surface area contributed by atoms with Crippen molar-refractivity contribution in [3.05, 3.63) is 35.7 Å². The number of aliphatic hydroxyl groups is 1. The number of rotatable bonds is 8. The van der Waals surface area contributed by atoms with Gasteiger partial charge in [0.15, 0.2) is 0 Å². The number of aromatic nitrogens is 2. The predicted molar refractivity (Wildman–Crippen MR) is 89.5 cm³/mol. The summed E-state index contributed by atoms with van der Waals surface area (Å²) in [4.78, 5) is 4.52. The fourth-order valence-electron chi connectivity index (χ4n) is 2.20. The zero-order chi connectivity index (χ0) is 15.9. The number of methoxy groups -OCH3 is 1. The van der Waals surface area contributed by atoms with Crippen LogP contribution in [0.4, 0.5) is 5.13 Å². The monoisotopic (exact) mass is 321 g/mol. The molecule has 0 radical (unpaired) electrons. The Bertz CT molecular complexity index is 569. The molecule has 120 valence electrons. The Balaban J connectivity index is 2.08. The third-order valence-corrected chi connectivity index (χ3v) is 3.98. The van der Waals surface area contributed by atoms with Crippen LogP contribution in [0.3, 0.4) is 0 Å². The van der Waals surface area contributed by atoms with E-state index in [1.165, 1.54) is 11.5 Å². The molecule has 1 atom stereocenters. The third-order valence-electron chi connectivity index (χ3n) is 3.29. The zero-order valence-electron chi connectivity index (χ0n) is 13.2. The van der Waals surface area contributed by atoms with Crippen molar-refractivity contribution in [2.75, 3.05) is 19.0 Å². The van der Waals surface area contributed by atoms with Crippen LogP contribution in [0.1, 0.15) is 37.7 Å². The summed E-state index contributed by atoms with van der Waals surface area (Å²) < 4.78 is 9.55. The highest BCUT2D eigenvalue weighted by Crippen LogP contribution is 2.25. The van der Waals surface area contributed by atoms with Gasteiger partial charge in [0.2, 0.25) is 5.13 Å². The molecule has 5 nitrogen and oxygen atoms in total. The lowest BCUT2D eigenvalue weighted by Gasteiger charge is -2.17. The minimum absolute atomic E-state index is 0.00996. The largest absolute Gasteiger partial charge is 0.497 e. The van der Waals surface area contributed by atoms with Gasteiger partial charge in [0.25, 0.3) is 0 Å². The van der Waals surface area contributed by atoms with E-state index in [0.717, 1.165) is 28.7 Å². The normalized spacial score (nSPS) is 12.4. The van der Waals surface area contributed by atoms with Crippen molar-refractivity contribution in [2.24, 2.45) is 5.92 Å². The molecule has 1 heterocycles. The van der Waals surface area contributed by atoms with Crippen molar-refractivity contribution >= 4 is 16.7 Å². The Morgan fingerprint density at radius 3 is 2.59 bits per heavy atom. The molecule has 2 N–H and O–H groups in total. The SMILES string of the molecule is COc1ccc([C@@H](CCO)Nc2nc(CC(C)C)ns2)cc1. The molecule has 0 spiro atoms. The Hall–Kier alpha value is -1.66. The van der Waals surface area contributed by atoms with Crippen LogP contribution in [-0.4, -0.2) is 28.2 Å². The van der Waals surface area contributed by atoms with Gasteiger partial charge in [0, 0.05) is 24.6 Å². The summed E-state index contributed by atoms with van der Waals surface area (Å²) in [5.41, 5.74) is 1.09. The quantitative estimate of drug-likeness (QED) is 0.781. The first-order valence-corrected chi connectivity index (χ1v) is 8.23. The molecule has 2 rings (SSSR count). The molecule has 0 aliphatic rings. The van der Waals surface area contributed by atoms with Gasteiger partial charge in [-0.1, -0.05) is 26.0 Å². The average Bonchev–Trinajstić information content (AvgIpc) is 2.93. The Morgan fingerprint density at radius 2 is 2.00 bits per heavy atom. The summed E-state index contributed by atoms with van der Waals surface area (Å²) in [6, 6.07) is 7.86. The van der Waals surface area contributed by atoms with E-state index in [0.29, 0.717) is 12.3 Å². The number of benzene rings is 1. The first-order chi connectivity index (χ1) is 10.6. The molecule has 6 heteroatoms. The summed E-state index contributed by atoms with van der Waals surface area (Å²) in [6.07, 6.45) is 1.50. The Labute approximate surface area is 135 Å². The van der Waals surface area contributed by atoms with Crippen LogP contribution in [0.15, 0.2) is 24.3 Å². The Kier molecular flexibility index (Phi) is 6.15. The highest BCUT2D eigenvalue weighted by molar-refractivity contribution is 7.09. The molecule has 2 aromatic rings. The number of anilines is 1. The number of nitrogens with zero attached hydrogens (tertiary/aromatic N) is 2. The van der Waals surface area contributed by atoms with E-state index < -0.39 is 0 Å². The maximum Gasteiger partial charge on any atom is 0.203 e. The third kappa shape index (κ3) is 4.68. The molecule has 22 heavy (non-hydrogen) atoms. The van der Waals surface area contributed by atoms with Crippen molar-refractivity contribution in [1.82, 2.24) is 9.36 Å². The van der Waals surface area contributed by atoms with Gasteiger partial charge in [-0.15, -0.1) is 0 Å². The van der Waals surface area contributed by atoms with Gasteiger partial charge in [0.05, 0.1) is 13.2 Å². The second-order valence-corrected chi connectivity index (χ2v) is 6.35. The van der Waals surface area contributed by atoms with Crippen LogP contribution in [0, 0.1) is 5.92 Å². The molecule has 0 saturated heterocycles. The van der Waals surface area contributed by atoms with Gasteiger partial charge in [-0.3, -0.25) is 0 Å². The Morgan fingerprint density at radius 1 is 1.27 bits per heavy atom. The average molecular weight is 321 g/mol. The summed E-state index contributed by atoms with van der Waals surface area (Å²) in [5.74, 6) is 2.24. The number of nitrogens with one attached hydrogen (secondary N) is 1. The lowest BCUT2D eigenvalue weighted by atomic mass is 10.0. The van der Waals surface area contributed by atoms with Crippen molar-refractivity contribution < 1.29 is 9.84 Å². The molecule has 1 aromatic carbocycles. The number of aliphatic hydroxyl groups excluding tert-OH is 1. The zero-order valence-corrected chi connectivity index (χ0v) is 14.1. The van der Waals surface area contributed by atoms with Crippen LogP contribution in [0.25, 0.3) is 0 Å². The fraction of sp³-hybridized carbons (Fsp3) is 0.500. The molecule has 0 bridgehead atoms. The smallest absolute Gasteiger partial charge is 0.203 e. The highest BCUT2D eigenvalue weighted by Gasteiger charge is 2.14. The van der Waals surface area contributed by atoms with E-state index in [4.69, 9.17) is 4.74 Å². The van der Waals surface area contributed by atoms with E-state index in [9.17, 15) is 5.11 Å². The first kappa shape index (κ1) is 16.7. The molecular formula is C16H23N3O2S. The number of hydrogen-bond donors (Lipinski definition) is 2. The van der Waals surface area contributed by atoms with Gasteiger partial charge < -0.3 is 15.2 Å². The van der Waals surface area contributed by atoms with Gasteiger partial charge in [0.1, 0.15) is 11.6 Å². The lowest BCUT2D eigenvalue weighted by Crippen LogP contribution is -2.12. The van der Waals surface area contributed by atoms with Gasteiger partial charge in [-0.2, -0.15) is 4.37 Å². The van der Waals surface area contributed by atoms with Gasteiger partial charge in [-0.25, -0.2) is 4.98 Å². The summed E-state index contributed by atoms with van der Waals surface area (Å²) in [6.45, 7) is 4.42. The van der Waals surface area contributed by atoms with E-state index in [2.05, 4.69) is 28.5 Å². The topological polar surface area (TPSA) is 67.3 Å². The maximum atomic E-state index is 9.30. The van der Waals surface area contributed by atoms with Crippen LogP contribution >= 0.6 is 11.5 Å². The second-order valence-electron chi connectivity index (χ2n) is 5.60. The molecule has 0 unspecified atom stereocenters. The molecule has 0 amide bonds. The van der Waals surface area contributed by atoms with E-state index in [1.54, 1.807) is 7.11 Å². The minimum Gasteiger partial charge on any atom is -0.497 e. The summed E-state index contributed by atoms with van der Waals surface area (Å²) in [5, 5.41) is 13.5. The molecular weight excluding hydrogens is 298 g/mol. The predicted octanol–water partition coefficient (Wildman–Crippen LogP) is 3.28. The molecule has 0 saturated carbocycles. The standard InChI is InChI=1S/C16H23N3O2S/c1-11(2)10-15-18-16(22-19-15)17-14(8-9-20)12-4-6-13(21-3)7-5-12/h4-7,11,14,20H,8-10H2,1-3H3,(H,17,18,19)/t14-/m1/s1. The van der Waals surface area contributed by atoms with Gasteiger partial charge in [-0.05, 0) is 30.0 Å². The van der Waals surface area contributed by atoms with E-state index in [1.807, 2.05) is 24.3 Å². The lowest BCUT2D eigenvalue weighted by molar-refractivity contribution is 0.280. The van der Waals surface area contributed by atoms with Crippen molar-refractivity contribution in [2.45, 2.75) is 32.7 Å². The molecule has 0 aliphatic carbocycles. The molecule has 1 aromatic heterocycles. The maximum absolute atomic E-state index is 9.30. The number of hydrogen-bond acceptors (Lipinski definition) is 6. The summed E-state index contributed by atoms with van der Waals surface area (Å²) in [7, 11) is 1.65. The minimum atomic E-state index is 0.00996. The molecule has 0 fully saturated rings. The van der Waals surface area contributed by atoms with E-state index in [-0.39, 0.29) is 12.6 Å². The summed E-state index contributed by atoms with van der Waals surface area (Å²) >= 11 is 1.37. The van der Waals surface area contributed by atoms with E-state index >= 15 is 0 Å². The van der Waals surface area contributed by atoms with Crippen molar-refractivity contribution in [3.63, 3.8) is 0 Å². The van der Waals surface area contributed by atoms with Crippen LogP contribution < -0.4 is 10.1 Å². The number of ether oxygens (including phenoxy) is 1. The highest BCUT2D eigenvalue weighted by atomic mass is 32.1. The van der Waals surface area contributed by atoms with Crippen LogP contribution in [-0.2, 0) is 6.42 Å². The second kappa shape index (κ2) is 8.10. The first-order valence-electron chi connectivity index (χ1n) is 7.46. The van der Waals surface area contributed by atoms with Crippen LogP contribution in [0.2, 0.25) is 0 Å². The van der Waals surface area contributed by atoms with Gasteiger partial charge >= 0.3 is 0 Å². The fourth-order valence-corrected chi connectivity index (χ4v) is 2.85. The van der Waals surface area contributed by atoms with Crippen LogP contribution in [0.5, 0.6) is 5.75 Å². The van der Waals surface area contributed by atoms with Crippen molar-refractivity contribution in [1.29, 1.82) is 0 Å².